The van der Waals surface area contributed by atoms with Crippen molar-refractivity contribution in [2.24, 2.45) is 0 Å². The summed E-state index contributed by atoms with van der Waals surface area (Å²) in [5.74, 6) is 0. The van der Waals surface area contributed by atoms with Gasteiger partial charge in [-0.05, 0) is 0 Å². The third kappa shape index (κ3) is 0. The molecule has 0 atom stereocenters. The largest absolute Gasteiger partial charge is 0.335 e. The molecule has 0 rings (SSSR count). The van der Waals surface area contributed by atoms with Gasteiger partial charge in [0.15, 0.2) is 0 Å². The molecule has 1 heteroatoms. The van der Waals surface area contributed by atoms with E-state index in [-0.39, 0.29) is 0 Å². The quantitative estimate of drug-likeness (QED) is 0.591. The fraction of sp³-hybridized carbons (Fsp3) is 0.667. The maximum Gasteiger partial charge on any atom is 0 e. The van der Waals surface area contributed by atoms with Crippen LogP contribution in [0.2, 0.25) is 0 Å². The first-order valence-corrected chi connectivity index (χ1v) is 1.15. The Hall–Kier alpha value is -1.00. The van der Waals surface area contributed by atoms with E-state index in [2.05, 4.69) is 0 Å². The van der Waals surface area contributed by atoms with Crippen LogP contribution in [0.5, 0.6) is 0 Å². The van der Waals surface area contributed by atoms with Crippen molar-refractivity contribution >= 4 is 0 Å². The van der Waals surface area contributed by atoms with E-state index in [0.717, 1.165) is 0 Å². The van der Waals surface area contributed by atoms with Gasteiger partial charge in [0, 0.05) is 0 Å². The monoisotopic (exact) mass is 305 g/mol. The van der Waals surface area contributed by atoms with E-state index in [0.29, 0.717) is 0 Å². The normalized spacial score (nSPS) is 4.50. The van der Waals surface area contributed by atoms with Crippen molar-refractivity contribution < 1.29 is 0 Å². The van der Waals surface area contributed by atoms with Crippen molar-refractivity contribution in [2.45, 2.75) is 13.8 Å². The van der Waals surface area contributed by atoms with E-state index in [1.54, 1.807) is 0 Å². The molecule has 0 nitrogen and oxygen atoms in total. The number of hydrogen-bond acceptors (Lipinski definition) is 0. The zero-order chi connectivity index (χ0) is 2.71. The van der Waals surface area contributed by atoms with Gasteiger partial charge >= 0.3 is 0 Å². The van der Waals surface area contributed by atoms with Gasteiger partial charge in [-0.1, -0.05) is 0 Å². The number of hydrogen-bond donors (Lipinski definition) is 0. The molecule has 0 saturated carbocycles. The molecule has 0 unspecified atom stereocenters. The van der Waals surface area contributed by atoms with E-state index in [9.17, 15) is 0 Å². The van der Waals surface area contributed by atoms with E-state index >= 15 is 0 Å². The summed E-state index contributed by atoms with van der Waals surface area (Å²) in [7, 11) is 0. The molecule has 0 aliphatic rings. The first-order chi connectivity index (χ1) is 1.41. The standard InChI is InChI=1S/C3H7.Lr/c1-3-2;/h3H,1-2H3;/q-1;. The molecule has 4 heavy (non-hydrogen) atoms. The molecule has 1 radical (unpaired) electrons. The molecule has 0 aliphatic heterocycles. The van der Waals surface area contributed by atoms with Crippen LogP contribution < -0.4 is 0 Å². The van der Waals surface area contributed by atoms with Crippen LogP contribution in [-0.2, 0) is 0 Å². The minimum atomic E-state index is 0. The van der Waals surface area contributed by atoms with Crippen molar-refractivity contribution in [1.29, 1.82) is 0 Å². The van der Waals surface area contributed by atoms with Crippen molar-refractivity contribution in [3.63, 3.8) is 0 Å². The summed E-state index contributed by atoms with van der Waals surface area (Å²) >= 11 is 0. The Kier molecular flexibility index (Phi) is 0. The van der Waals surface area contributed by atoms with Crippen molar-refractivity contribution in [3.8, 4) is 0 Å². The van der Waals surface area contributed by atoms with Gasteiger partial charge in [0.1, 0.15) is 0 Å². The summed E-state index contributed by atoms with van der Waals surface area (Å²) in [5, 5.41) is 0. The molecule has 0 aromatic carbocycles. The second-order valence-corrected chi connectivity index (χ2v) is 0.577. The Morgan fingerprint density at radius 2 is 1.25 bits per heavy atom. The summed E-state index contributed by atoms with van der Waals surface area (Å²) < 4.78 is 0. The maximum absolute atomic E-state index is 2.00. The Labute approximate surface area is 21.5 Å². The van der Waals surface area contributed by atoms with E-state index < -0.39 is 0 Å². The second kappa shape index (κ2) is 0. The zero-order valence-corrected chi connectivity index (χ0v) is 4.99. The van der Waals surface area contributed by atoms with Gasteiger partial charge < -0.3 is 6.42 Å². The molecule has 35 valence electrons. The molecule has 0 aromatic heterocycles. The third-order valence-corrected chi connectivity index (χ3v) is 0. The summed E-state index contributed by atoms with van der Waals surface area (Å²) in [4.78, 5) is 0. The molecule has 0 N–H and O–H groups in total. The molecule has 0 saturated heterocycles. The fourth-order valence-corrected chi connectivity index (χ4v) is 0. The maximum atomic E-state index is 2.00. The Morgan fingerprint density at radius 1 is 1.25 bits per heavy atom. The average molecular weight is 305 g/mol. The first-order valence-electron chi connectivity index (χ1n) is 1.15. The van der Waals surface area contributed by atoms with Crippen LogP contribution in [0.25, 0.3) is 0 Å². The molecular weight excluding hydrogens is 298 g/mol. The van der Waals surface area contributed by atoms with Gasteiger partial charge in [0.05, 0.1) is 0 Å². The molecule has 0 aromatic rings. The van der Waals surface area contributed by atoms with Gasteiger partial charge in [-0.15, -0.1) is 0 Å². The molecule has 0 aliphatic carbocycles. The topological polar surface area (TPSA) is 0 Å². The summed E-state index contributed by atoms with van der Waals surface area (Å²) in [6.45, 7) is 4.00. The van der Waals surface area contributed by atoms with Gasteiger partial charge in [0.2, 0.25) is 0 Å². The van der Waals surface area contributed by atoms with E-state index in [1.165, 1.54) is 0 Å². The molecule has 0 amide bonds. The SMILES string of the molecule is C[CH-]C.[Lr]. The van der Waals surface area contributed by atoms with Gasteiger partial charge in [-0.25, -0.2) is 0 Å². The van der Waals surface area contributed by atoms with Gasteiger partial charge in [0.25, 0.3) is 0 Å². The summed E-state index contributed by atoms with van der Waals surface area (Å²) in [6, 6.07) is 0. The summed E-state index contributed by atoms with van der Waals surface area (Å²) in [5.41, 5.74) is 0. The second-order valence-electron chi connectivity index (χ2n) is 0.577. The predicted octanol–water partition coefficient (Wildman–Crippen LogP) is 1.23. The molecule has 0 bridgehead atoms. The minimum Gasteiger partial charge on any atom is -0.335 e. The van der Waals surface area contributed by atoms with Crippen LogP contribution in [0.15, 0.2) is 0 Å². The minimum absolute atomic E-state index is 0. The van der Waals surface area contributed by atoms with Crippen LogP contribution in [-0.4, -0.2) is 0 Å². The van der Waals surface area contributed by atoms with E-state index in [4.69, 9.17) is 0 Å². The van der Waals surface area contributed by atoms with Crippen LogP contribution in [0.3, 0.4) is 0 Å². The van der Waals surface area contributed by atoms with Crippen LogP contribution in [0, 0.1) is 6.42 Å². The molecule has 0 spiro atoms. The zero-order valence-electron chi connectivity index (χ0n) is 2.84. The Balaban J connectivity index is 0. The van der Waals surface area contributed by atoms with Crippen molar-refractivity contribution in [1.82, 2.24) is 0 Å². The third-order valence-electron chi connectivity index (χ3n) is 0. The van der Waals surface area contributed by atoms with Crippen molar-refractivity contribution in [2.75, 3.05) is 0 Å². The predicted molar refractivity (Wildman–Crippen MR) is 15.6 cm³/mol. The smallest absolute Gasteiger partial charge is 0 e. The van der Waals surface area contributed by atoms with Crippen LogP contribution in [0.1, 0.15) is 13.8 Å². The fourth-order valence-electron chi connectivity index (χ4n) is 0. The first kappa shape index (κ1) is 12.0. The molecule has 0 fully saturated rings. The van der Waals surface area contributed by atoms with Crippen LogP contribution in [0.4, 0.5) is 0 Å². The van der Waals surface area contributed by atoms with Gasteiger partial charge in [-0.3, -0.25) is 0 Å². The average Bonchev–Trinajstić information content (AvgIpc) is 0.918. The molecular formula is C3H7Lr-. The van der Waals surface area contributed by atoms with E-state index in [1.807, 2.05) is 20.3 Å². The van der Waals surface area contributed by atoms with Crippen LogP contribution >= 0.6 is 0 Å². The Morgan fingerprint density at radius 3 is 1.25 bits per heavy atom. The van der Waals surface area contributed by atoms with Gasteiger partial charge in [-0.2, -0.15) is 13.8 Å². The molecule has 0 heterocycles. The summed E-state index contributed by atoms with van der Waals surface area (Å²) in [6.07, 6.45) is 2.00. The number of rotatable bonds is 0. The van der Waals surface area contributed by atoms with Crippen molar-refractivity contribution in [3.05, 3.63) is 6.42 Å². The Bertz CT molecular complexity index is 3.25.